The van der Waals surface area contributed by atoms with Gasteiger partial charge in [-0.25, -0.2) is 4.79 Å². The lowest BCUT2D eigenvalue weighted by molar-refractivity contribution is 0.0500. The molecule has 4 nitrogen and oxygen atoms in total. The van der Waals surface area contributed by atoms with Gasteiger partial charge in [0.25, 0.3) is 0 Å². The van der Waals surface area contributed by atoms with Crippen LogP contribution in [0.5, 0.6) is 0 Å². The van der Waals surface area contributed by atoms with E-state index < -0.39 is 5.60 Å². The number of amides is 1. The van der Waals surface area contributed by atoms with Gasteiger partial charge in [0, 0.05) is 11.7 Å². The summed E-state index contributed by atoms with van der Waals surface area (Å²) < 4.78 is 5.28. The maximum absolute atomic E-state index is 11.7. The van der Waals surface area contributed by atoms with Crippen molar-refractivity contribution in [3.05, 3.63) is 29.3 Å². The first kappa shape index (κ1) is 13.7. The van der Waals surface area contributed by atoms with E-state index >= 15 is 0 Å². The summed E-state index contributed by atoms with van der Waals surface area (Å²) in [5.74, 6) is 0. The molecule has 0 heterocycles. The van der Waals surface area contributed by atoms with Crippen molar-refractivity contribution < 1.29 is 9.53 Å². The Bertz CT molecular complexity index is 478. The van der Waals surface area contributed by atoms with Crippen LogP contribution in [0.2, 0.25) is 0 Å². The second-order valence-electron chi connectivity index (χ2n) is 6.07. The minimum absolute atomic E-state index is 0.129. The van der Waals surface area contributed by atoms with Crippen molar-refractivity contribution in [2.24, 2.45) is 0 Å². The van der Waals surface area contributed by atoms with Crippen molar-refractivity contribution in [1.29, 1.82) is 0 Å². The molecule has 0 spiro atoms. The Balaban J connectivity index is 1.97. The van der Waals surface area contributed by atoms with Gasteiger partial charge in [0.2, 0.25) is 0 Å². The Labute approximate surface area is 114 Å². The van der Waals surface area contributed by atoms with Gasteiger partial charge in [-0.15, -0.1) is 0 Å². The second-order valence-corrected chi connectivity index (χ2v) is 6.07. The number of carbonyl (C=O) groups is 1. The average molecular weight is 262 g/mol. The zero-order chi connectivity index (χ0) is 14.0. The molecule has 0 fully saturated rings. The summed E-state index contributed by atoms with van der Waals surface area (Å²) in [6, 6.07) is 6.10. The van der Waals surface area contributed by atoms with Crippen molar-refractivity contribution >= 4 is 11.8 Å². The van der Waals surface area contributed by atoms with Crippen LogP contribution in [0.25, 0.3) is 0 Å². The molecule has 0 bridgehead atoms. The van der Waals surface area contributed by atoms with E-state index in [1.165, 1.54) is 11.1 Å². The molecule has 1 aromatic carbocycles. The fourth-order valence-corrected chi connectivity index (χ4v) is 2.43. The highest BCUT2D eigenvalue weighted by Gasteiger charge is 2.23. The van der Waals surface area contributed by atoms with E-state index in [4.69, 9.17) is 10.5 Å². The minimum Gasteiger partial charge on any atom is -0.444 e. The molecule has 1 aromatic rings. The smallest absolute Gasteiger partial charge is 0.407 e. The maximum Gasteiger partial charge on any atom is 0.407 e. The van der Waals surface area contributed by atoms with E-state index in [2.05, 4.69) is 11.4 Å². The Hall–Kier alpha value is -1.71. The SMILES string of the molecule is CC(C)(C)OC(=O)NC1CCc2c(N)cccc2C1. The van der Waals surface area contributed by atoms with E-state index in [0.717, 1.165) is 24.9 Å². The molecule has 0 radical (unpaired) electrons. The lowest BCUT2D eigenvalue weighted by atomic mass is 9.87. The average Bonchev–Trinajstić information content (AvgIpc) is 2.26. The summed E-state index contributed by atoms with van der Waals surface area (Å²) in [6.45, 7) is 5.59. The first-order valence-corrected chi connectivity index (χ1v) is 6.71. The van der Waals surface area contributed by atoms with Crippen LogP contribution in [0.1, 0.15) is 38.3 Å². The van der Waals surface area contributed by atoms with Crippen molar-refractivity contribution in [2.75, 3.05) is 5.73 Å². The summed E-state index contributed by atoms with van der Waals surface area (Å²) in [5.41, 5.74) is 8.81. The summed E-state index contributed by atoms with van der Waals surface area (Å²) in [7, 11) is 0. The predicted octanol–water partition coefficient (Wildman–Crippen LogP) is 2.65. The number of alkyl carbamates (subject to hydrolysis) is 1. The topological polar surface area (TPSA) is 64.3 Å². The Morgan fingerprint density at radius 2 is 2.16 bits per heavy atom. The number of benzene rings is 1. The third-order valence-corrected chi connectivity index (χ3v) is 3.24. The van der Waals surface area contributed by atoms with Crippen LogP contribution >= 0.6 is 0 Å². The summed E-state index contributed by atoms with van der Waals surface area (Å²) in [4.78, 5) is 11.7. The Kier molecular flexibility index (Phi) is 3.69. The van der Waals surface area contributed by atoms with Gasteiger partial charge in [0.1, 0.15) is 5.60 Å². The third-order valence-electron chi connectivity index (χ3n) is 3.24. The molecular formula is C15H22N2O2. The van der Waals surface area contributed by atoms with Crippen LogP contribution in [0.3, 0.4) is 0 Å². The van der Waals surface area contributed by atoms with Crippen molar-refractivity contribution in [3.63, 3.8) is 0 Å². The van der Waals surface area contributed by atoms with E-state index in [0.29, 0.717) is 0 Å². The third kappa shape index (κ3) is 3.63. The highest BCUT2D eigenvalue weighted by molar-refractivity contribution is 5.68. The highest BCUT2D eigenvalue weighted by Crippen LogP contribution is 2.26. The van der Waals surface area contributed by atoms with E-state index in [9.17, 15) is 4.79 Å². The van der Waals surface area contributed by atoms with Gasteiger partial charge < -0.3 is 15.8 Å². The number of fused-ring (bicyclic) bond motifs is 1. The fraction of sp³-hybridized carbons (Fsp3) is 0.533. The van der Waals surface area contributed by atoms with Crippen LogP contribution in [0.15, 0.2) is 18.2 Å². The van der Waals surface area contributed by atoms with Crippen LogP contribution < -0.4 is 11.1 Å². The number of hydrogen-bond acceptors (Lipinski definition) is 3. The van der Waals surface area contributed by atoms with Crippen LogP contribution in [-0.4, -0.2) is 17.7 Å². The normalized spacial score (nSPS) is 18.6. The number of carbonyl (C=O) groups excluding carboxylic acids is 1. The summed E-state index contributed by atoms with van der Waals surface area (Å²) >= 11 is 0. The lowest BCUT2D eigenvalue weighted by Crippen LogP contribution is -2.41. The number of nitrogens with one attached hydrogen (secondary N) is 1. The molecular weight excluding hydrogens is 240 g/mol. The van der Waals surface area contributed by atoms with Crippen LogP contribution in [-0.2, 0) is 17.6 Å². The van der Waals surface area contributed by atoms with Crippen molar-refractivity contribution in [3.8, 4) is 0 Å². The molecule has 3 N–H and O–H groups in total. The first-order valence-electron chi connectivity index (χ1n) is 6.71. The number of hydrogen-bond donors (Lipinski definition) is 2. The largest absolute Gasteiger partial charge is 0.444 e. The molecule has 2 rings (SSSR count). The fourth-order valence-electron chi connectivity index (χ4n) is 2.43. The number of nitrogen functional groups attached to an aromatic ring is 1. The van der Waals surface area contributed by atoms with Gasteiger partial charge in [0.15, 0.2) is 0 Å². The number of anilines is 1. The molecule has 0 saturated heterocycles. The zero-order valence-electron chi connectivity index (χ0n) is 11.8. The molecule has 1 atom stereocenters. The molecule has 1 aliphatic carbocycles. The Morgan fingerprint density at radius 3 is 2.84 bits per heavy atom. The lowest BCUT2D eigenvalue weighted by Gasteiger charge is -2.28. The number of rotatable bonds is 1. The molecule has 104 valence electrons. The molecule has 1 amide bonds. The van der Waals surface area contributed by atoms with Crippen molar-refractivity contribution in [1.82, 2.24) is 5.32 Å². The quantitative estimate of drug-likeness (QED) is 0.765. The van der Waals surface area contributed by atoms with E-state index in [1.807, 2.05) is 32.9 Å². The summed E-state index contributed by atoms with van der Waals surface area (Å²) in [5, 5.41) is 2.93. The van der Waals surface area contributed by atoms with E-state index in [-0.39, 0.29) is 12.1 Å². The van der Waals surface area contributed by atoms with Gasteiger partial charge in [-0.3, -0.25) is 0 Å². The van der Waals surface area contributed by atoms with Crippen molar-refractivity contribution in [2.45, 2.75) is 51.7 Å². The van der Waals surface area contributed by atoms with E-state index in [1.54, 1.807) is 0 Å². The van der Waals surface area contributed by atoms with Gasteiger partial charge in [-0.05, 0) is 57.2 Å². The molecule has 19 heavy (non-hydrogen) atoms. The molecule has 0 saturated carbocycles. The molecule has 1 unspecified atom stereocenters. The number of nitrogens with two attached hydrogens (primary N) is 1. The standard InChI is InChI=1S/C15H22N2O2/c1-15(2,3)19-14(18)17-11-7-8-12-10(9-11)5-4-6-13(12)16/h4-6,11H,7-9,16H2,1-3H3,(H,17,18). The van der Waals surface area contributed by atoms with Gasteiger partial charge >= 0.3 is 6.09 Å². The minimum atomic E-state index is -0.457. The predicted molar refractivity (Wildman–Crippen MR) is 76.0 cm³/mol. The van der Waals surface area contributed by atoms with Crippen LogP contribution in [0.4, 0.5) is 10.5 Å². The highest BCUT2D eigenvalue weighted by atomic mass is 16.6. The second kappa shape index (κ2) is 5.11. The molecule has 1 aliphatic rings. The molecule has 0 aromatic heterocycles. The molecule has 0 aliphatic heterocycles. The van der Waals surface area contributed by atoms with Gasteiger partial charge in [0.05, 0.1) is 0 Å². The maximum atomic E-state index is 11.7. The van der Waals surface area contributed by atoms with Gasteiger partial charge in [-0.1, -0.05) is 12.1 Å². The Morgan fingerprint density at radius 1 is 1.42 bits per heavy atom. The van der Waals surface area contributed by atoms with Gasteiger partial charge in [-0.2, -0.15) is 0 Å². The van der Waals surface area contributed by atoms with Crippen LogP contribution in [0, 0.1) is 0 Å². The zero-order valence-corrected chi connectivity index (χ0v) is 11.8. The molecule has 4 heteroatoms. The first-order chi connectivity index (χ1) is 8.85. The summed E-state index contributed by atoms with van der Waals surface area (Å²) in [6.07, 6.45) is 2.28. The number of ether oxygens (including phenoxy) is 1. The monoisotopic (exact) mass is 262 g/mol.